The SMILES string of the molecule is Cl.O=C(O)[C@@H]1C[C@H]2[C@@H](N1)[C@@H]2C(F)(F)F. The van der Waals surface area contributed by atoms with Crippen LogP contribution in [0.25, 0.3) is 0 Å². The van der Waals surface area contributed by atoms with Crippen LogP contribution in [0.1, 0.15) is 6.42 Å². The lowest BCUT2D eigenvalue weighted by molar-refractivity contribution is -0.157. The summed E-state index contributed by atoms with van der Waals surface area (Å²) in [4.78, 5) is 10.4. The van der Waals surface area contributed by atoms with Crippen LogP contribution >= 0.6 is 12.4 Å². The van der Waals surface area contributed by atoms with Crippen molar-refractivity contribution in [2.75, 3.05) is 0 Å². The lowest BCUT2D eigenvalue weighted by atomic mass is 10.1. The number of alkyl halides is 3. The molecule has 1 heterocycles. The molecule has 0 spiro atoms. The van der Waals surface area contributed by atoms with E-state index in [1.54, 1.807) is 0 Å². The molecule has 0 bridgehead atoms. The summed E-state index contributed by atoms with van der Waals surface area (Å²) in [5.41, 5.74) is 0. The quantitative estimate of drug-likeness (QED) is 0.709. The summed E-state index contributed by atoms with van der Waals surface area (Å²) in [6.07, 6.45) is -4.07. The predicted octanol–water partition coefficient (Wildman–Crippen LogP) is 1.03. The standard InChI is InChI=1S/C7H8F3NO2.ClH/c8-7(9,10)4-2-1-3(6(12)13)11-5(2)4;/h2-5,11H,1H2,(H,12,13);1H/t2-,3+,4-,5-;/m1./s1. The van der Waals surface area contributed by atoms with Crippen LogP contribution in [0.3, 0.4) is 0 Å². The molecule has 1 aliphatic heterocycles. The zero-order chi connectivity index (χ0) is 9.80. The number of hydrogen-bond donors (Lipinski definition) is 2. The van der Waals surface area contributed by atoms with E-state index in [0.29, 0.717) is 0 Å². The first-order chi connectivity index (χ1) is 5.91. The maximum atomic E-state index is 12.1. The fourth-order valence-electron chi connectivity index (χ4n) is 2.09. The molecule has 1 saturated heterocycles. The highest BCUT2D eigenvalue weighted by Gasteiger charge is 2.68. The van der Waals surface area contributed by atoms with Crippen LogP contribution in [0.5, 0.6) is 0 Å². The van der Waals surface area contributed by atoms with E-state index < -0.39 is 36.1 Å². The Labute approximate surface area is 84.1 Å². The summed E-state index contributed by atoms with van der Waals surface area (Å²) in [7, 11) is 0. The van der Waals surface area contributed by atoms with Gasteiger partial charge in [-0.2, -0.15) is 13.2 Å². The Morgan fingerprint density at radius 2 is 2.00 bits per heavy atom. The minimum atomic E-state index is -4.17. The molecule has 0 aromatic carbocycles. The van der Waals surface area contributed by atoms with Crippen molar-refractivity contribution in [3.8, 4) is 0 Å². The summed E-state index contributed by atoms with van der Waals surface area (Å²) in [5, 5.41) is 11.0. The molecule has 0 unspecified atom stereocenters. The van der Waals surface area contributed by atoms with Crippen molar-refractivity contribution in [3.63, 3.8) is 0 Å². The molecule has 4 atom stereocenters. The number of aliphatic carboxylic acids is 1. The second-order valence-electron chi connectivity index (χ2n) is 3.55. The van der Waals surface area contributed by atoms with E-state index in [1.807, 2.05) is 0 Å². The van der Waals surface area contributed by atoms with Crippen molar-refractivity contribution in [1.29, 1.82) is 0 Å². The van der Waals surface area contributed by atoms with E-state index >= 15 is 0 Å². The second-order valence-corrected chi connectivity index (χ2v) is 3.55. The van der Waals surface area contributed by atoms with Crippen molar-refractivity contribution in [3.05, 3.63) is 0 Å². The van der Waals surface area contributed by atoms with Gasteiger partial charge in [-0.3, -0.25) is 4.79 Å². The molecule has 3 nitrogen and oxygen atoms in total. The average Bonchev–Trinajstić information content (AvgIpc) is 2.48. The van der Waals surface area contributed by atoms with E-state index in [4.69, 9.17) is 5.11 Å². The van der Waals surface area contributed by atoms with Crippen LogP contribution in [0, 0.1) is 11.8 Å². The zero-order valence-corrected chi connectivity index (χ0v) is 7.73. The second kappa shape index (κ2) is 3.27. The van der Waals surface area contributed by atoms with Gasteiger partial charge < -0.3 is 10.4 Å². The third kappa shape index (κ3) is 1.68. The Morgan fingerprint density at radius 1 is 1.43 bits per heavy atom. The lowest BCUT2D eigenvalue weighted by Gasteiger charge is -2.12. The molecule has 1 aliphatic carbocycles. The average molecular weight is 232 g/mol. The van der Waals surface area contributed by atoms with E-state index in [2.05, 4.69) is 5.32 Å². The molecule has 1 saturated carbocycles. The van der Waals surface area contributed by atoms with Crippen LogP contribution < -0.4 is 5.32 Å². The molecule has 0 amide bonds. The molecule has 2 aliphatic rings. The Kier molecular flexibility index (Phi) is 2.71. The van der Waals surface area contributed by atoms with Crippen LogP contribution in [-0.2, 0) is 4.79 Å². The van der Waals surface area contributed by atoms with Crippen LogP contribution in [0.15, 0.2) is 0 Å². The molecule has 2 fully saturated rings. The Balaban J connectivity index is 0.000000980. The van der Waals surface area contributed by atoms with Crippen molar-refractivity contribution in [2.24, 2.45) is 11.8 Å². The Morgan fingerprint density at radius 3 is 2.29 bits per heavy atom. The van der Waals surface area contributed by atoms with Crippen molar-refractivity contribution in [2.45, 2.75) is 24.7 Å². The summed E-state index contributed by atoms with van der Waals surface area (Å²) >= 11 is 0. The molecule has 82 valence electrons. The first-order valence-corrected chi connectivity index (χ1v) is 3.97. The molecule has 0 aromatic heterocycles. The van der Waals surface area contributed by atoms with E-state index in [1.165, 1.54) is 0 Å². The molecular formula is C7H9ClF3NO2. The van der Waals surface area contributed by atoms with Gasteiger partial charge in [-0.15, -0.1) is 12.4 Å². The van der Waals surface area contributed by atoms with Crippen LogP contribution in [0.2, 0.25) is 0 Å². The van der Waals surface area contributed by atoms with E-state index in [9.17, 15) is 18.0 Å². The molecule has 2 N–H and O–H groups in total. The van der Waals surface area contributed by atoms with Gasteiger partial charge >= 0.3 is 12.1 Å². The van der Waals surface area contributed by atoms with Crippen molar-refractivity contribution >= 4 is 18.4 Å². The van der Waals surface area contributed by atoms with E-state index in [-0.39, 0.29) is 18.8 Å². The van der Waals surface area contributed by atoms with Gasteiger partial charge in [0, 0.05) is 6.04 Å². The highest BCUT2D eigenvalue weighted by Crippen LogP contribution is 2.55. The fraction of sp³-hybridized carbons (Fsp3) is 0.857. The molecule has 2 rings (SSSR count). The third-order valence-corrected chi connectivity index (χ3v) is 2.75. The topological polar surface area (TPSA) is 49.3 Å². The first kappa shape index (κ1) is 11.6. The molecule has 0 radical (unpaired) electrons. The number of carbonyl (C=O) groups is 1. The molecule has 0 aromatic rings. The van der Waals surface area contributed by atoms with Gasteiger partial charge in [-0.25, -0.2) is 0 Å². The maximum Gasteiger partial charge on any atom is 0.393 e. The zero-order valence-electron chi connectivity index (χ0n) is 6.91. The van der Waals surface area contributed by atoms with Crippen LogP contribution in [-0.4, -0.2) is 29.3 Å². The van der Waals surface area contributed by atoms with E-state index in [0.717, 1.165) is 0 Å². The monoisotopic (exact) mass is 231 g/mol. The number of nitrogens with one attached hydrogen (secondary N) is 1. The third-order valence-electron chi connectivity index (χ3n) is 2.75. The number of rotatable bonds is 1. The normalized spacial score (nSPS) is 39.9. The van der Waals surface area contributed by atoms with Gasteiger partial charge in [-0.05, 0) is 12.3 Å². The van der Waals surface area contributed by atoms with Gasteiger partial charge in [0.15, 0.2) is 0 Å². The van der Waals surface area contributed by atoms with Gasteiger partial charge in [-0.1, -0.05) is 0 Å². The number of piperidine rings is 1. The van der Waals surface area contributed by atoms with Gasteiger partial charge in [0.25, 0.3) is 0 Å². The molecule has 14 heavy (non-hydrogen) atoms. The van der Waals surface area contributed by atoms with Gasteiger partial charge in [0.05, 0.1) is 5.92 Å². The van der Waals surface area contributed by atoms with Gasteiger partial charge in [0.2, 0.25) is 0 Å². The number of carboxylic acids is 1. The predicted molar refractivity (Wildman–Crippen MR) is 43.2 cm³/mol. The maximum absolute atomic E-state index is 12.1. The van der Waals surface area contributed by atoms with Gasteiger partial charge in [0.1, 0.15) is 6.04 Å². The number of carboxylic acid groups (broad SMARTS) is 1. The number of halogens is 4. The summed E-state index contributed by atoms with van der Waals surface area (Å²) in [5.74, 6) is -2.89. The smallest absolute Gasteiger partial charge is 0.393 e. The highest BCUT2D eigenvalue weighted by atomic mass is 35.5. The van der Waals surface area contributed by atoms with Crippen LogP contribution in [0.4, 0.5) is 13.2 Å². The van der Waals surface area contributed by atoms with Crippen molar-refractivity contribution in [1.82, 2.24) is 5.32 Å². The molecule has 7 heteroatoms. The summed E-state index contributed by atoms with van der Waals surface area (Å²) < 4.78 is 36.3. The van der Waals surface area contributed by atoms with Crippen molar-refractivity contribution < 1.29 is 23.1 Å². The Bertz CT molecular complexity index is 246. The summed E-state index contributed by atoms with van der Waals surface area (Å²) in [6.45, 7) is 0. The number of hydrogen-bond acceptors (Lipinski definition) is 2. The first-order valence-electron chi connectivity index (χ1n) is 3.97. The molecular weight excluding hydrogens is 223 g/mol. The Hall–Kier alpha value is -0.490. The minimum Gasteiger partial charge on any atom is -0.480 e. The fourth-order valence-corrected chi connectivity index (χ4v) is 2.09. The largest absolute Gasteiger partial charge is 0.480 e. The highest BCUT2D eigenvalue weighted by molar-refractivity contribution is 5.85. The number of fused-ring (bicyclic) bond motifs is 1. The minimum absolute atomic E-state index is 0. The summed E-state index contributed by atoms with van der Waals surface area (Å²) in [6, 6.07) is -1.44. The lowest BCUT2D eigenvalue weighted by Crippen LogP contribution is -2.37.